The van der Waals surface area contributed by atoms with Gasteiger partial charge in [-0.15, -0.1) is 10.2 Å². The number of thioether (sulfide) groups is 1. The van der Waals surface area contributed by atoms with Crippen molar-refractivity contribution in [3.05, 3.63) is 60.2 Å². The molecule has 0 N–H and O–H groups in total. The van der Waals surface area contributed by atoms with Crippen LogP contribution in [0.15, 0.2) is 64.2 Å². The Morgan fingerprint density at radius 1 is 1.00 bits per heavy atom. The number of aromatic nitrogens is 2. The average molecular weight is 451 g/mol. The molecule has 6 nitrogen and oxygen atoms in total. The minimum absolute atomic E-state index is 0.115. The molecular formula is C25H30N4O2S. The number of hydrogen-bond donors (Lipinski definition) is 0. The lowest BCUT2D eigenvalue weighted by atomic mass is 10.1. The molecule has 1 atom stereocenters. The molecule has 0 bridgehead atoms. The van der Waals surface area contributed by atoms with E-state index in [4.69, 9.17) is 4.42 Å². The van der Waals surface area contributed by atoms with Crippen LogP contribution in [0.5, 0.6) is 0 Å². The van der Waals surface area contributed by atoms with Crippen LogP contribution in [0.25, 0.3) is 11.5 Å². The molecule has 7 heteroatoms. The van der Waals surface area contributed by atoms with E-state index in [-0.39, 0.29) is 5.91 Å². The number of hydrogen-bond acceptors (Lipinski definition) is 6. The molecule has 3 aromatic rings. The van der Waals surface area contributed by atoms with E-state index in [9.17, 15) is 4.79 Å². The van der Waals surface area contributed by atoms with Crippen molar-refractivity contribution in [1.29, 1.82) is 0 Å². The summed E-state index contributed by atoms with van der Waals surface area (Å²) >= 11 is 1.33. The Kier molecular flexibility index (Phi) is 7.47. The van der Waals surface area contributed by atoms with Crippen LogP contribution in [-0.2, 0) is 4.79 Å². The van der Waals surface area contributed by atoms with Crippen molar-refractivity contribution < 1.29 is 9.21 Å². The molecule has 32 heavy (non-hydrogen) atoms. The highest BCUT2D eigenvalue weighted by molar-refractivity contribution is 8.00. The van der Waals surface area contributed by atoms with Crippen molar-refractivity contribution in [2.45, 2.75) is 43.6 Å². The van der Waals surface area contributed by atoms with Crippen molar-refractivity contribution in [3.8, 4) is 11.5 Å². The number of carbonyl (C=O) groups excluding carboxylic acids is 1. The summed E-state index contributed by atoms with van der Waals surface area (Å²) in [7, 11) is 0. The van der Waals surface area contributed by atoms with Crippen molar-refractivity contribution in [2.24, 2.45) is 0 Å². The van der Waals surface area contributed by atoms with E-state index in [1.54, 1.807) is 0 Å². The maximum absolute atomic E-state index is 13.3. The van der Waals surface area contributed by atoms with E-state index in [1.807, 2.05) is 47.4 Å². The fourth-order valence-electron chi connectivity index (χ4n) is 4.05. The van der Waals surface area contributed by atoms with Gasteiger partial charge in [0.25, 0.3) is 5.22 Å². The molecule has 2 aromatic carbocycles. The molecule has 0 aliphatic carbocycles. The topological polar surface area (TPSA) is 62.5 Å². The van der Waals surface area contributed by atoms with Gasteiger partial charge in [-0.05, 0) is 74.7 Å². The average Bonchev–Trinajstić information content (AvgIpc) is 3.33. The standard InChI is InChI=1S/C25H30N4O2S/c1-3-28(4-2)21-15-13-20(14-16-21)23-26-27-25(31-23)32-22(19-11-7-5-8-12-19)24(30)29-17-9-6-10-18-29/h5,7-8,11-16,22H,3-4,6,9-10,17-18H2,1-2H3. The lowest BCUT2D eigenvalue weighted by Gasteiger charge is -2.29. The fraction of sp³-hybridized carbons (Fsp3) is 0.400. The number of carbonyl (C=O) groups is 1. The predicted octanol–water partition coefficient (Wildman–Crippen LogP) is 5.43. The van der Waals surface area contributed by atoms with Gasteiger partial charge in [0.1, 0.15) is 5.25 Å². The molecule has 0 saturated carbocycles. The van der Waals surface area contributed by atoms with Crippen LogP contribution in [0.3, 0.4) is 0 Å². The zero-order valence-corrected chi connectivity index (χ0v) is 19.6. The Hall–Kier alpha value is -2.80. The van der Waals surface area contributed by atoms with Crippen molar-refractivity contribution >= 4 is 23.4 Å². The minimum Gasteiger partial charge on any atom is -0.411 e. The minimum atomic E-state index is -0.396. The molecule has 168 valence electrons. The summed E-state index contributed by atoms with van der Waals surface area (Å²) in [6.07, 6.45) is 3.31. The molecule has 1 unspecified atom stereocenters. The Morgan fingerprint density at radius 2 is 1.69 bits per heavy atom. The number of benzene rings is 2. The van der Waals surface area contributed by atoms with Crippen LogP contribution in [-0.4, -0.2) is 47.2 Å². The van der Waals surface area contributed by atoms with Crippen LogP contribution in [0, 0.1) is 0 Å². The second kappa shape index (κ2) is 10.7. The van der Waals surface area contributed by atoms with Gasteiger partial charge >= 0.3 is 0 Å². The first-order valence-corrected chi connectivity index (χ1v) is 12.3. The Bertz CT molecular complexity index is 996. The molecule has 0 spiro atoms. The molecule has 1 saturated heterocycles. The zero-order valence-electron chi connectivity index (χ0n) is 18.7. The highest BCUT2D eigenvalue weighted by Gasteiger charge is 2.29. The zero-order chi connectivity index (χ0) is 22.3. The summed E-state index contributed by atoms with van der Waals surface area (Å²) in [6.45, 7) is 7.85. The Morgan fingerprint density at radius 3 is 2.34 bits per heavy atom. The lowest BCUT2D eigenvalue weighted by molar-refractivity contribution is -0.131. The van der Waals surface area contributed by atoms with Gasteiger partial charge < -0.3 is 14.2 Å². The first kappa shape index (κ1) is 22.4. The van der Waals surface area contributed by atoms with Crippen LogP contribution in [0.1, 0.15) is 43.9 Å². The monoisotopic (exact) mass is 450 g/mol. The predicted molar refractivity (Wildman–Crippen MR) is 129 cm³/mol. The largest absolute Gasteiger partial charge is 0.411 e. The molecule has 2 heterocycles. The van der Waals surface area contributed by atoms with Gasteiger partial charge in [0, 0.05) is 37.4 Å². The Balaban J connectivity index is 1.53. The van der Waals surface area contributed by atoms with Gasteiger partial charge in [0.2, 0.25) is 11.8 Å². The maximum atomic E-state index is 13.3. The van der Waals surface area contributed by atoms with E-state index in [0.717, 1.165) is 50.1 Å². The summed E-state index contributed by atoms with van der Waals surface area (Å²) in [5.74, 6) is 0.583. The third-order valence-electron chi connectivity index (χ3n) is 5.86. The lowest BCUT2D eigenvalue weighted by Crippen LogP contribution is -2.38. The van der Waals surface area contributed by atoms with Gasteiger partial charge in [-0.3, -0.25) is 4.79 Å². The molecular weight excluding hydrogens is 420 g/mol. The molecule has 1 aromatic heterocycles. The van der Waals surface area contributed by atoms with Crippen LogP contribution in [0.2, 0.25) is 0 Å². The van der Waals surface area contributed by atoms with Crippen LogP contribution < -0.4 is 4.90 Å². The molecule has 4 rings (SSSR count). The van der Waals surface area contributed by atoms with E-state index < -0.39 is 5.25 Å². The summed E-state index contributed by atoms with van der Waals surface area (Å²) in [5.41, 5.74) is 3.00. The summed E-state index contributed by atoms with van der Waals surface area (Å²) in [5, 5.41) is 8.50. The summed E-state index contributed by atoms with van der Waals surface area (Å²) in [4.78, 5) is 17.6. The first-order chi connectivity index (χ1) is 15.7. The third-order valence-corrected chi connectivity index (χ3v) is 6.94. The molecule has 1 aliphatic heterocycles. The highest BCUT2D eigenvalue weighted by Crippen LogP contribution is 2.37. The summed E-state index contributed by atoms with van der Waals surface area (Å²) in [6, 6.07) is 18.0. The quantitative estimate of drug-likeness (QED) is 0.427. The maximum Gasteiger partial charge on any atom is 0.277 e. The Labute approximate surface area is 194 Å². The van der Waals surface area contributed by atoms with E-state index in [2.05, 4.69) is 41.1 Å². The van der Waals surface area contributed by atoms with Crippen LogP contribution >= 0.6 is 11.8 Å². The number of nitrogens with zero attached hydrogens (tertiary/aromatic N) is 4. The van der Waals surface area contributed by atoms with Gasteiger partial charge in [-0.2, -0.15) is 0 Å². The first-order valence-electron chi connectivity index (χ1n) is 11.4. The third kappa shape index (κ3) is 5.15. The SMILES string of the molecule is CCN(CC)c1ccc(-c2nnc(SC(C(=O)N3CCCCC3)c3ccccc3)o2)cc1. The van der Waals surface area contributed by atoms with E-state index in [1.165, 1.54) is 23.9 Å². The second-order valence-electron chi connectivity index (χ2n) is 7.89. The number of piperidine rings is 1. The summed E-state index contributed by atoms with van der Waals surface area (Å²) < 4.78 is 5.97. The van der Waals surface area contributed by atoms with Gasteiger partial charge in [-0.1, -0.05) is 30.3 Å². The van der Waals surface area contributed by atoms with Crippen molar-refractivity contribution in [1.82, 2.24) is 15.1 Å². The molecule has 1 aliphatic rings. The normalized spacial score (nSPS) is 14.9. The van der Waals surface area contributed by atoms with E-state index in [0.29, 0.717) is 11.1 Å². The van der Waals surface area contributed by atoms with Crippen LogP contribution in [0.4, 0.5) is 5.69 Å². The number of anilines is 1. The number of rotatable bonds is 8. The van der Waals surface area contributed by atoms with Crippen molar-refractivity contribution in [3.63, 3.8) is 0 Å². The smallest absolute Gasteiger partial charge is 0.277 e. The van der Waals surface area contributed by atoms with Gasteiger partial charge in [0.05, 0.1) is 0 Å². The van der Waals surface area contributed by atoms with Gasteiger partial charge in [-0.25, -0.2) is 0 Å². The van der Waals surface area contributed by atoms with Crippen molar-refractivity contribution in [2.75, 3.05) is 31.1 Å². The highest BCUT2D eigenvalue weighted by atomic mass is 32.2. The molecule has 0 radical (unpaired) electrons. The number of amides is 1. The second-order valence-corrected chi connectivity index (χ2v) is 8.94. The number of likely N-dealkylation sites (tertiary alicyclic amines) is 1. The fourth-order valence-corrected chi connectivity index (χ4v) is 5.01. The van der Waals surface area contributed by atoms with E-state index >= 15 is 0 Å². The molecule has 1 fully saturated rings. The van der Waals surface area contributed by atoms with Gasteiger partial charge in [0.15, 0.2) is 0 Å². The molecule has 1 amide bonds.